The Morgan fingerprint density at radius 3 is 2.29 bits per heavy atom. The van der Waals surface area contributed by atoms with Crippen molar-refractivity contribution >= 4 is 5.91 Å². The van der Waals surface area contributed by atoms with Gasteiger partial charge in [-0.3, -0.25) is 14.4 Å². The van der Waals surface area contributed by atoms with Crippen LogP contribution in [0.3, 0.4) is 0 Å². The quantitative estimate of drug-likeness (QED) is 0.488. The number of aromatic nitrogens is 4. The van der Waals surface area contributed by atoms with Gasteiger partial charge in [0.2, 0.25) is 5.91 Å². The molecule has 31 heavy (non-hydrogen) atoms. The summed E-state index contributed by atoms with van der Waals surface area (Å²) in [6.45, 7) is 0.121. The number of carbonyl (C=O) groups excluding carboxylic acids is 1. The molecule has 0 aliphatic heterocycles. The Kier molecular flexibility index (Phi) is 5.84. The van der Waals surface area contributed by atoms with E-state index >= 15 is 0 Å². The van der Waals surface area contributed by atoms with Crippen molar-refractivity contribution in [3.05, 3.63) is 93.7 Å². The summed E-state index contributed by atoms with van der Waals surface area (Å²) in [5.41, 5.74) is 1.34. The molecule has 4 rings (SSSR count). The highest BCUT2D eigenvalue weighted by Gasteiger charge is 2.10. The maximum absolute atomic E-state index is 12.3. The first-order chi connectivity index (χ1) is 15.1. The van der Waals surface area contributed by atoms with E-state index in [0.717, 1.165) is 10.2 Å². The third kappa shape index (κ3) is 4.84. The fourth-order valence-corrected chi connectivity index (χ4v) is 2.98. The zero-order valence-corrected chi connectivity index (χ0v) is 16.5. The second-order valence-corrected chi connectivity index (χ2v) is 6.69. The zero-order valence-electron chi connectivity index (χ0n) is 16.5. The number of carbonyl (C=O) groups is 1. The van der Waals surface area contributed by atoms with Gasteiger partial charge in [0.15, 0.2) is 5.76 Å². The van der Waals surface area contributed by atoms with Crippen molar-refractivity contribution in [3.63, 3.8) is 0 Å². The van der Waals surface area contributed by atoms with Crippen molar-refractivity contribution < 1.29 is 9.21 Å². The van der Waals surface area contributed by atoms with Gasteiger partial charge in [0.05, 0.1) is 18.5 Å². The topological polar surface area (TPSA) is 112 Å². The zero-order chi connectivity index (χ0) is 21.6. The summed E-state index contributed by atoms with van der Waals surface area (Å²) in [4.78, 5) is 36.4. The van der Waals surface area contributed by atoms with E-state index in [1.165, 1.54) is 29.1 Å². The summed E-state index contributed by atoms with van der Waals surface area (Å²) >= 11 is 0. The summed E-state index contributed by atoms with van der Waals surface area (Å²) in [5, 5.41) is 11.2. The van der Waals surface area contributed by atoms with Gasteiger partial charge in [0.1, 0.15) is 12.2 Å². The number of rotatable bonds is 7. The first kappa shape index (κ1) is 20.0. The van der Waals surface area contributed by atoms with Gasteiger partial charge in [-0.2, -0.15) is 10.2 Å². The van der Waals surface area contributed by atoms with Gasteiger partial charge in [0.25, 0.3) is 11.1 Å². The molecular formula is C22H19N5O4. The molecule has 3 aromatic heterocycles. The van der Waals surface area contributed by atoms with Crippen LogP contribution in [0.15, 0.2) is 87.0 Å². The Labute approximate surface area is 176 Å². The molecule has 0 fully saturated rings. The Balaban J connectivity index is 1.39. The van der Waals surface area contributed by atoms with Gasteiger partial charge in [-0.05, 0) is 24.3 Å². The van der Waals surface area contributed by atoms with E-state index in [0.29, 0.717) is 17.1 Å². The molecule has 0 saturated carbocycles. The average Bonchev–Trinajstić information content (AvgIpc) is 3.32. The number of nitrogens with one attached hydrogen (secondary N) is 1. The molecule has 1 aromatic carbocycles. The normalized spacial score (nSPS) is 10.7. The third-order valence-corrected chi connectivity index (χ3v) is 4.52. The van der Waals surface area contributed by atoms with E-state index in [1.807, 2.05) is 30.3 Å². The fourth-order valence-electron chi connectivity index (χ4n) is 2.98. The minimum atomic E-state index is -0.404. The summed E-state index contributed by atoms with van der Waals surface area (Å²) < 4.78 is 7.63. The molecule has 0 aliphatic rings. The van der Waals surface area contributed by atoms with Crippen LogP contribution in [0.4, 0.5) is 0 Å². The number of benzene rings is 1. The second-order valence-electron chi connectivity index (χ2n) is 6.69. The van der Waals surface area contributed by atoms with Crippen LogP contribution < -0.4 is 16.4 Å². The number of hydrogen-bond acceptors (Lipinski definition) is 6. The lowest BCUT2D eigenvalue weighted by Gasteiger charge is -2.09. The van der Waals surface area contributed by atoms with Crippen LogP contribution in [-0.4, -0.2) is 32.0 Å². The molecule has 0 atom stereocenters. The van der Waals surface area contributed by atoms with Crippen LogP contribution in [0.25, 0.3) is 22.7 Å². The Morgan fingerprint density at radius 1 is 0.839 bits per heavy atom. The monoisotopic (exact) mass is 417 g/mol. The molecule has 0 spiro atoms. The maximum atomic E-state index is 12.3. The largest absolute Gasteiger partial charge is 0.463 e. The van der Waals surface area contributed by atoms with Gasteiger partial charge < -0.3 is 9.73 Å². The molecular weight excluding hydrogens is 398 g/mol. The van der Waals surface area contributed by atoms with E-state index in [9.17, 15) is 14.4 Å². The molecule has 0 unspecified atom stereocenters. The van der Waals surface area contributed by atoms with Gasteiger partial charge >= 0.3 is 0 Å². The van der Waals surface area contributed by atoms with Crippen LogP contribution >= 0.6 is 0 Å². The van der Waals surface area contributed by atoms with E-state index < -0.39 is 11.5 Å². The van der Waals surface area contributed by atoms with E-state index in [1.54, 1.807) is 18.2 Å². The third-order valence-electron chi connectivity index (χ3n) is 4.52. The van der Waals surface area contributed by atoms with Crippen molar-refractivity contribution in [1.29, 1.82) is 0 Å². The predicted molar refractivity (Wildman–Crippen MR) is 113 cm³/mol. The molecule has 3 heterocycles. The highest BCUT2D eigenvalue weighted by molar-refractivity contribution is 5.75. The summed E-state index contributed by atoms with van der Waals surface area (Å²) in [6, 6.07) is 18.9. The van der Waals surface area contributed by atoms with E-state index in [-0.39, 0.29) is 25.2 Å². The summed E-state index contributed by atoms with van der Waals surface area (Å²) in [5.74, 6) is 0.0939. The number of amides is 1. The summed E-state index contributed by atoms with van der Waals surface area (Å²) in [6.07, 6.45) is 1.50. The standard InChI is InChI=1S/C22H19N5O4/c28-20(15-27-22(30)11-9-18(25-27)19-7-4-14-31-19)23-12-13-26-21(29)10-8-17(24-26)16-5-2-1-3-6-16/h1-11,14H,12-13,15H2,(H,23,28). The summed E-state index contributed by atoms with van der Waals surface area (Å²) in [7, 11) is 0. The van der Waals surface area contributed by atoms with Gasteiger partial charge in [-0.15, -0.1) is 0 Å². The minimum absolute atomic E-state index is 0.177. The lowest BCUT2D eigenvalue weighted by atomic mass is 10.1. The Bertz CT molecular complexity index is 1290. The second kappa shape index (κ2) is 9.04. The van der Waals surface area contributed by atoms with Crippen LogP contribution in [0.2, 0.25) is 0 Å². The number of hydrogen-bond donors (Lipinski definition) is 1. The Morgan fingerprint density at radius 2 is 1.55 bits per heavy atom. The molecule has 0 saturated heterocycles. The lowest BCUT2D eigenvalue weighted by molar-refractivity contribution is -0.121. The van der Waals surface area contributed by atoms with Crippen LogP contribution in [0.1, 0.15) is 0 Å². The average molecular weight is 417 g/mol. The predicted octanol–water partition coefficient (Wildman–Crippen LogP) is 1.54. The fraction of sp³-hybridized carbons (Fsp3) is 0.136. The lowest BCUT2D eigenvalue weighted by Crippen LogP contribution is -2.36. The Hall–Kier alpha value is -4.27. The van der Waals surface area contributed by atoms with E-state index in [4.69, 9.17) is 4.42 Å². The van der Waals surface area contributed by atoms with Crippen molar-refractivity contribution in [2.24, 2.45) is 0 Å². The van der Waals surface area contributed by atoms with Crippen molar-refractivity contribution in [2.75, 3.05) is 6.54 Å². The van der Waals surface area contributed by atoms with Crippen LogP contribution in [0, 0.1) is 0 Å². The molecule has 156 valence electrons. The van der Waals surface area contributed by atoms with E-state index in [2.05, 4.69) is 15.5 Å². The van der Waals surface area contributed by atoms with Crippen LogP contribution in [0.5, 0.6) is 0 Å². The molecule has 1 N–H and O–H groups in total. The SMILES string of the molecule is O=C(Cn1nc(-c2ccco2)ccc1=O)NCCn1nc(-c2ccccc2)ccc1=O. The highest BCUT2D eigenvalue weighted by Crippen LogP contribution is 2.15. The number of nitrogens with zero attached hydrogens (tertiary/aromatic N) is 4. The molecule has 9 heteroatoms. The maximum Gasteiger partial charge on any atom is 0.267 e. The first-order valence-corrected chi connectivity index (χ1v) is 9.62. The van der Waals surface area contributed by atoms with Crippen LogP contribution in [-0.2, 0) is 17.9 Å². The molecule has 9 nitrogen and oxygen atoms in total. The van der Waals surface area contributed by atoms with Gasteiger partial charge in [-0.25, -0.2) is 9.36 Å². The smallest absolute Gasteiger partial charge is 0.267 e. The number of furan rings is 1. The molecule has 0 radical (unpaired) electrons. The first-order valence-electron chi connectivity index (χ1n) is 9.62. The van der Waals surface area contributed by atoms with Crippen molar-refractivity contribution in [3.8, 4) is 22.7 Å². The van der Waals surface area contributed by atoms with Gasteiger partial charge in [-0.1, -0.05) is 30.3 Å². The highest BCUT2D eigenvalue weighted by atomic mass is 16.3. The molecule has 4 aromatic rings. The van der Waals surface area contributed by atoms with Crippen molar-refractivity contribution in [1.82, 2.24) is 24.9 Å². The van der Waals surface area contributed by atoms with Crippen molar-refractivity contribution in [2.45, 2.75) is 13.1 Å². The minimum Gasteiger partial charge on any atom is -0.463 e. The molecule has 0 bridgehead atoms. The molecule has 1 amide bonds. The van der Waals surface area contributed by atoms with Gasteiger partial charge in [0, 0.05) is 24.2 Å². The molecule has 0 aliphatic carbocycles.